The number of phenols is 4. The van der Waals surface area contributed by atoms with Gasteiger partial charge in [-0.05, 0) is 77.4 Å². The van der Waals surface area contributed by atoms with Crippen molar-refractivity contribution in [2.75, 3.05) is 0 Å². The Morgan fingerprint density at radius 1 is 0.750 bits per heavy atom. The number of primary amides is 2. The van der Waals surface area contributed by atoms with Crippen molar-refractivity contribution in [3.05, 3.63) is 58.7 Å². The Kier molecular flexibility index (Phi) is 6.40. The Bertz CT molecular complexity index is 1120. The lowest BCUT2D eigenvalue weighted by molar-refractivity contribution is -0.114. The first kappa shape index (κ1) is 22.7. The van der Waals surface area contributed by atoms with Crippen LogP contribution in [0.5, 0.6) is 23.0 Å². The second-order valence-corrected chi connectivity index (χ2v) is 7.69. The third-order valence-electron chi connectivity index (χ3n) is 5.59. The highest BCUT2D eigenvalue weighted by molar-refractivity contribution is 5.91. The Labute approximate surface area is 183 Å². The molecule has 9 nitrogen and oxygen atoms in total. The van der Waals surface area contributed by atoms with Crippen LogP contribution in [0.2, 0.25) is 0 Å². The fourth-order valence-corrected chi connectivity index (χ4v) is 4.21. The molecule has 1 aliphatic rings. The first-order chi connectivity index (χ1) is 15.1. The van der Waals surface area contributed by atoms with Crippen molar-refractivity contribution in [1.29, 1.82) is 0 Å². The quantitative estimate of drug-likeness (QED) is 0.262. The number of rotatable bonds is 6. The van der Waals surface area contributed by atoms with E-state index in [1.165, 1.54) is 36.4 Å². The lowest BCUT2D eigenvalue weighted by Crippen LogP contribution is -2.18. The number of aromatic hydroxyl groups is 4. The van der Waals surface area contributed by atoms with Crippen LogP contribution in [0.3, 0.4) is 0 Å². The van der Waals surface area contributed by atoms with E-state index in [-0.39, 0.29) is 11.5 Å². The number of phenolic OH excluding ortho intramolecular Hbond substituents is 4. The van der Waals surface area contributed by atoms with Crippen LogP contribution in [0.15, 0.2) is 36.4 Å². The van der Waals surface area contributed by atoms with Crippen LogP contribution >= 0.6 is 0 Å². The number of aliphatic hydroxyl groups excluding tert-OH is 1. The van der Waals surface area contributed by atoms with Crippen molar-refractivity contribution < 1.29 is 35.1 Å². The van der Waals surface area contributed by atoms with E-state index in [9.17, 15) is 35.1 Å². The number of carbonyl (C=O) groups excluding carboxylic acids is 2. The predicted octanol–water partition coefficient (Wildman–Crippen LogP) is 1.53. The summed E-state index contributed by atoms with van der Waals surface area (Å²) in [5, 5.41) is 50.9. The summed E-state index contributed by atoms with van der Waals surface area (Å²) in [7, 11) is 0. The SMILES string of the molecule is NC(=O)/C=C/c1cc(O)c(O)cc1C1CCC(O)C1c1cc(O)c(O)cc1/C=C/C(N)=O. The molecule has 168 valence electrons. The summed E-state index contributed by atoms with van der Waals surface area (Å²) < 4.78 is 0. The molecule has 32 heavy (non-hydrogen) atoms. The van der Waals surface area contributed by atoms with Gasteiger partial charge < -0.3 is 37.0 Å². The molecule has 9 heteroatoms. The third kappa shape index (κ3) is 4.68. The average Bonchev–Trinajstić information content (AvgIpc) is 3.10. The molecular formula is C23H24N2O7. The number of benzene rings is 2. The second kappa shape index (κ2) is 9.03. The molecule has 0 heterocycles. The van der Waals surface area contributed by atoms with Crippen molar-refractivity contribution in [3.8, 4) is 23.0 Å². The summed E-state index contributed by atoms with van der Waals surface area (Å²) in [6.07, 6.45) is 5.00. The number of hydrogen-bond acceptors (Lipinski definition) is 7. The Morgan fingerprint density at radius 3 is 1.69 bits per heavy atom. The molecule has 2 aromatic carbocycles. The van der Waals surface area contributed by atoms with Gasteiger partial charge in [0.05, 0.1) is 6.10 Å². The molecule has 2 amide bonds. The third-order valence-corrected chi connectivity index (χ3v) is 5.59. The van der Waals surface area contributed by atoms with Crippen LogP contribution in [0, 0.1) is 0 Å². The van der Waals surface area contributed by atoms with Crippen LogP contribution in [0.1, 0.15) is 46.9 Å². The van der Waals surface area contributed by atoms with Crippen LogP contribution in [0.4, 0.5) is 0 Å². The van der Waals surface area contributed by atoms with Gasteiger partial charge in [0.25, 0.3) is 0 Å². The minimum atomic E-state index is -0.853. The first-order valence-corrected chi connectivity index (χ1v) is 9.83. The number of hydrogen-bond donors (Lipinski definition) is 7. The summed E-state index contributed by atoms with van der Waals surface area (Å²) in [5.74, 6) is -4.01. The molecule has 0 aliphatic heterocycles. The van der Waals surface area contributed by atoms with Crippen molar-refractivity contribution in [1.82, 2.24) is 0 Å². The smallest absolute Gasteiger partial charge is 0.241 e. The molecule has 2 aromatic rings. The predicted molar refractivity (Wildman–Crippen MR) is 117 cm³/mol. The van der Waals surface area contributed by atoms with E-state index < -0.39 is 41.3 Å². The van der Waals surface area contributed by atoms with Gasteiger partial charge in [0.15, 0.2) is 23.0 Å². The number of nitrogens with two attached hydrogens (primary N) is 2. The van der Waals surface area contributed by atoms with E-state index in [2.05, 4.69) is 0 Å². The molecule has 1 aliphatic carbocycles. The standard InChI is InChI=1S/C23H24N2O7/c24-21(31)5-1-11-7-17(27)19(29)9-14(11)13-3-4-16(26)23(13)15-10-20(30)18(28)8-12(15)2-6-22(25)32/h1-2,5-10,13,16,23,26-30H,3-4H2,(H2,24,31)(H2,25,32)/b5-1+,6-2+. The molecule has 1 fully saturated rings. The minimum Gasteiger partial charge on any atom is -0.504 e. The van der Waals surface area contributed by atoms with Gasteiger partial charge in [-0.1, -0.05) is 0 Å². The van der Waals surface area contributed by atoms with E-state index >= 15 is 0 Å². The summed E-state index contributed by atoms with van der Waals surface area (Å²) in [5.41, 5.74) is 12.1. The van der Waals surface area contributed by atoms with Gasteiger partial charge in [-0.15, -0.1) is 0 Å². The molecule has 3 unspecified atom stereocenters. The molecular weight excluding hydrogens is 416 g/mol. The summed E-state index contributed by atoms with van der Waals surface area (Å²) in [6, 6.07) is 5.20. The van der Waals surface area contributed by atoms with Gasteiger partial charge in [0, 0.05) is 18.1 Å². The maximum atomic E-state index is 11.2. The molecule has 9 N–H and O–H groups in total. The van der Waals surface area contributed by atoms with Crippen LogP contribution in [-0.2, 0) is 9.59 Å². The topological polar surface area (TPSA) is 187 Å². The summed E-state index contributed by atoms with van der Waals surface area (Å²) in [4.78, 5) is 22.4. The Balaban J connectivity index is 2.18. The zero-order chi connectivity index (χ0) is 23.6. The van der Waals surface area contributed by atoms with Gasteiger partial charge in [-0.25, -0.2) is 0 Å². The highest BCUT2D eigenvalue weighted by atomic mass is 16.3. The molecule has 0 aromatic heterocycles. The fourth-order valence-electron chi connectivity index (χ4n) is 4.21. The molecule has 0 spiro atoms. The fraction of sp³-hybridized carbons (Fsp3) is 0.217. The van der Waals surface area contributed by atoms with Gasteiger partial charge in [0.1, 0.15) is 0 Å². The highest BCUT2D eigenvalue weighted by Gasteiger charge is 2.39. The van der Waals surface area contributed by atoms with E-state index in [1.807, 2.05) is 0 Å². The first-order valence-electron chi connectivity index (χ1n) is 9.83. The summed E-state index contributed by atoms with van der Waals surface area (Å²) in [6.45, 7) is 0. The molecule has 1 saturated carbocycles. The zero-order valence-corrected chi connectivity index (χ0v) is 17.0. The number of aliphatic hydroxyl groups is 1. The molecule has 0 radical (unpaired) electrons. The minimum absolute atomic E-state index is 0.368. The maximum Gasteiger partial charge on any atom is 0.241 e. The van der Waals surface area contributed by atoms with E-state index in [1.54, 1.807) is 0 Å². The highest BCUT2D eigenvalue weighted by Crippen LogP contribution is 2.51. The van der Waals surface area contributed by atoms with Crippen LogP contribution in [0.25, 0.3) is 12.2 Å². The van der Waals surface area contributed by atoms with Gasteiger partial charge in [-0.3, -0.25) is 9.59 Å². The molecule has 0 bridgehead atoms. The van der Waals surface area contributed by atoms with Gasteiger partial charge in [0.2, 0.25) is 11.8 Å². The Hall–Kier alpha value is -3.98. The maximum absolute atomic E-state index is 11.2. The van der Waals surface area contributed by atoms with Crippen molar-refractivity contribution >= 4 is 24.0 Å². The lowest BCUT2D eigenvalue weighted by atomic mass is 9.79. The van der Waals surface area contributed by atoms with Crippen molar-refractivity contribution in [2.24, 2.45) is 11.5 Å². The number of carbonyl (C=O) groups is 2. The normalized spacial score (nSPS) is 20.8. The lowest BCUT2D eigenvalue weighted by Gasteiger charge is -2.26. The van der Waals surface area contributed by atoms with E-state index in [0.717, 1.165) is 12.2 Å². The largest absolute Gasteiger partial charge is 0.504 e. The van der Waals surface area contributed by atoms with Crippen LogP contribution < -0.4 is 11.5 Å². The number of amides is 2. The Morgan fingerprint density at radius 2 is 1.19 bits per heavy atom. The van der Waals surface area contributed by atoms with Gasteiger partial charge in [-0.2, -0.15) is 0 Å². The second-order valence-electron chi connectivity index (χ2n) is 7.69. The van der Waals surface area contributed by atoms with Crippen molar-refractivity contribution in [3.63, 3.8) is 0 Å². The molecule has 3 atom stereocenters. The average molecular weight is 440 g/mol. The monoisotopic (exact) mass is 440 g/mol. The molecule has 3 rings (SSSR count). The van der Waals surface area contributed by atoms with E-state index in [0.29, 0.717) is 35.1 Å². The molecule has 0 saturated heterocycles. The van der Waals surface area contributed by atoms with Crippen molar-refractivity contribution in [2.45, 2.75) is 30.8 Å². The summed E-state index contributed by atoms with van der Waals surface area (Å²) >= 11 is 0. The van der Waals surface area contributed by atoms with E-state index in [4.69, 9.17) is 11.5 Å². The zero-order valence-electron chi connectivity index (χ0n) is 17.0. The van der Waals surface area contributed by atoms with Crippen LogP contribution in [-0.4, -0.2) is 43.5 Å². The van der Waals surface area contributed by atoms with Gasteiger partial charge >= 0.3 is 0 Å².